The van der Waals surface area contributed by atoms with Crippen LogP contribution in [0.15, 0.2) is 0 Å². The van der Waals surface area contributed by atoms with Gasteiger partial charge in [-0.15, -0.1) is 0 Å². The molecule has 0 bridgehead atoms. The summed E-state index contributed by atoms with van der Waals surface area (Å²) in [6.45, 7) is 5.35. The van der Waals surface area contributed by atoms with Gasteiger partial charge >= 0.3 is 6.16 Å². The summed E-state index contributed by atoms with van der Waals surface area (Å²) in [5.41, 5.74) is -0.536. The van der Waals surface area contributed by atoms with Crippen molar-refractivity contribution in [1.29, 1.82) is 0 Å². The van der Waals surface area contributed by atoms with E-state index in [1.165, 1.54) is 0 Å². The Bertz CT molecular complexity index is 107. The molecule has 0 rings (SSSR count). The summed E-state index contributed by atoms with van der Waals surface area (Å²) in [7, 11) is 0. The molecule has 0 aliphatic carbocycles. The summed E-state index contributed by atoms with van der Waals surface area (Å²) in [6, 6.07) is 0. The quantitative estimate of drug-likeness (QED) is 0.583. The minimum Gasteiger partial charge on any atom is -0.450 e. The summed E-state index contributed by atoms with van der Waals surface area (Å²) in [4.78, 5) is 9.95. The summed E-state index contributed by atoms with van der Waals surface area (Å²) >= 11 is 0. The summed E-state index contributed by atoms with van der Waals surface area (Å²) in [5, 5.41) is 8.16. The van der Waals surface area contributed by atoms with Gasteiger partial charge in [0.25, 0.3) is 0 Å². The molecule has 0 heterocycles. The SMILES string of the molecule is CCC(C)(C)OC(=O)O. The molecule has 0 aromatic heterocycles. The average molecular weight is 132 g/mol. The van der Waals surface area contributed by atoms with Crippen molar-refractivity contribution in [2.24, 2.45) is 0 Å². The zero-order chi connectivity index (χ0) is 7.49. The van der Waals surface area contributed by atoms with Gasteiger partial charge in [-0.2, -0.15) is 0 Å². The Morgan fingerprint density at radius 2 is 2.11 bits per heavy atom. The molecule has 0 amide bonds. The van der Waals surface area contributed by atoms with Crippen LogP contribution in [0.4, 0.5) is 4.79 Å². The molecule has 9 heavy (non-hydrogen) atoms. The van der Waals surface area contributed by atoms with Gasteiger partial charge in [-0.25, -0.2) is 4.79 Å². The molecule has 0 aliphatic heterocycles. The molecule has 0 aromatic carbocycles. The van der Waals surface area contributed by atoms with Gasteiger partial charge in [0.15, 0.2) is 0 Å². The van der Waals surface area contributed by atoms with Crippen LogP contribution in [0.1, 0.15) is 27.2 Å². The third-order valence-corrected chi connectivity index (χ3v) is 1.22. The van der Waals surface area contributed by atoms with Gasteiger partial charge in [-0.3, -0.25) is 0 Å². The fourth-order valence-electron chi connectivity index (χ4n) is 0.309. The van der Waals surface area contributed by atoms with Crippen LogP contribution in [-0.2, 0) is 4.74 Å². The van der Waals surface area contributed by atoms with Crippen LogP contribution in [0, 0.1) is 0 Å². The average Bonchev–Trinajstić information content (AvgIpc) is 1.63. The molecule has 54 valence electrons. The minimum absolute atomic E-state index is 0.536. The normalized spacial score (nSPS) is 11.0. The van der Waals surface area contributed by atoms with Crippen LogP contribution in [0.3, 0.4) is 0 Å². The first-order chi connectivity index (χ1) is 3.98. The maximum absolute atomic E-state index is 9.95. The van der Waals surface area contributed by atoms with Crippen LogP contribution in [0.2, 0.25) is 0 Å². The predicted octanol–water partition coefficient (Wildman–Crippen LogP) is 1.87. The topological polar surface area (TPSA) is 46.5 Å². The van der Waals surface area contributed by atoms with E-state index in [4.69, 9.17) is 5.11 Å². The summed E-state index contributed by atoms with van der Waals surface area (Å²) in [5.74, 6) is 0. The van der Waals surface area contributed by atoms with Crippen molar-refractivity contribution in [2.75, 3.05) is 0 Å². The molecule has 0 spiro atoms. The van der Waals surface area contributed by atoms with Crippen LogP contribution >= 0.6 is 0 Å². The second-order valence-electron chi connectivity index (χ2n) is 2.48. The number of ether oxygens (including phenoxy) is 1. The first-order valence-electron chi connectivity index (χ1n) is 2.90. The van der Waals surface area contributed by atoms with E-state index in [0.717, 1.165) is 0 Å². The molecule has 0 aromatic rings. The van der Waals surface area contributed by atoms with Gasteiger partial charge < -0.3 is 9.84 Å². The molecule has 0 unspecified atom stereocenters. The molecule has 0 fully saturated rings. The van der Waals surface area contributed by atoms with Crippen LogP contribution < -0.4 is 0 Å². The predicted molar refractivity (Wildman–Crippen MR) is 33.5 cm³/mol. The number of rotatable bonds is 2. The molecular formula is C6H12O3. The largest absolute Gasteiger partial charge is 0.506 e. The van der Waals surface area contributed by atoms with Crippen LogP contribution in [0.25, 0.3) is 0 Å². The van der Waals surface area contributed by atoms with Gasteiger partial charge in [0.1, 0.15) is 5.60 Å². The van der Waals surface area contributed by atoms with E-state index in [-0.39, 0.29) is 0 Å². The van der Waals surface area contributed by atoms with E-state index >= 15 is 0 Å². The lowest BCUT2D eigenvalue weighted by Crippen LogP contribution is -2.25. The highest BCUT2D eigenvalue weighted by Crippen LogP contribution is 2.12. The maximum atomic E-state index is 9.95. The highest BCUT2D eigenvalue weighted by Gasteiger charge is 2.18. The Morgan fingerprint density at radius 3 is 2.22 bits per heavy atom. The van der Waals surface area contributed by atoms with Crippen molar-refractivity contribution in [3.05, 3.63) is 0 Å². The molecule has 0 radical (unpaired) electrons. The van der Waals surface area contributed by atoms with E-state index in [1.807, 2.05) is 6.92 Å². The Hall–Kier alpha value is -0.730. The monoisotopic (exact) mass is 132 g/mol. The van der Waals surface area contributed by atoms with E-state index in [1.54, 1.807) is 13.8 Å². The van der Waals surface area contributed by atoms with Crippen molar-refractivity contribution >= 4 is 6.16 Å². The summed E-state index contributed by atoms with van der Waals surface area (Å²) < 4.78 is 4.50. The fourth-order valence-corrected chi connectivity index (χ4v) is 0.309. The third-order valence-electron chi connectivity index (χ3n) is 1.22. The van der Waals surface area contributed by atoms with Crippen molar-refractivity contribution in [3.63, 3.8) is 0 Å². The van der Waals surface area contributed by atoms with E-state index in [2.05, 4.69) is 4.74 Å². The second-order valence-corrected chi connectivity index (χ2v) is 2.48. The fraction of sp³-hybridized carbons (Fsp3) is 0.833. The lowest BCUT2D eigenvalue weighted by Gasteiger charge is -2.20. The third kappa shape index (κ3) is 3.82. The van der Waals surface area contributed by atoms with E-state index < -0.39 is 11.8 Å². The Balaban J connectivity index is 3.71. The lowest BCUT2D eigenvalue weighted by atomic mass is 10.1. The van der Waals surface area contributed by atoms with Crippen LogP contribution in [0.5, 0.6) is 0 Å². The van der Waals surface area contributed by atoms with E-state index in [0.29, 0.717) is 6.42 Å². The highest BCUT2D eigenvalue weighted by molar-refractivity contribution is 5.57. The van der Waals surface area contributed by atoms with Gasteiger partial charge in [0.05, 0.1) is 0 Å². The Morgan fingerprint density at radius 1 is 1.67 bits per heavy atom. The van der Waals surface area contributed by atoms with Gasteiger partial charge in [0, 0.05) is 0 Å². The molecular weight excluding hydrogens is 120 g/mol. The Labute approximate surface area is 54.6 Å². The standard InChI is InChI=1S/C6H12O3/c1-4-6(2,3)9-5(7)8/h4H2,1-3H3,(H,7,8). The number of carboxylic acid groups (broad SMARTS) is 1. The van der Waals surface area contributed by atoms with Crippen molar-refractivity contribution < 1.29 is 14.6 Å². The second kappa shape index (κ2) is 2.71. The Kier molecular flexibility index (Phi) is 2.49. The zero-order valence-electron chi connectivity index (χ0n) is 5.97. The molecule has 3 heteroatoms. The first kappa shape index (κ1) is 8.27. The van der Waals surface area contributed by atoms with Crippen LogP contribution in [-0.4, -0.2) is 16.9 Å². The first-order valence-corrected chi connectivity index (χ1v) is 2.90. The van der Waals surface area contributed by atoms with Gasteiger partial charge in [-0.1, -0.05) is 6.92 Å². The lowest BCUT2D eigenvalue weighted by molar-refractivity contribution is 0.00185. The molecule has 0 atom stereocenters. The van der Waals surface area contributed by atoms with E-state index in [9.17, 15) is 4.79 Å². The molecule has 3 nitrogen and oxygen atoms in total. The zero-order valence-corrected chi connectivity index (χ0v) is 5.97. The van der Waals surface area contributed by atoms with Crippen molar-refractivity contribution in [3.8, 4) is 0 Å². The number of hydrogen-bond donors (Lipinski definition) is 1. The maximum Gasteiger partial charge on any atom is 0.506 e. The molecule has 0 aliphatic rings. The molecule has 1 N–H and O–H groups in total. The highest BCUT2D eigenvalue weighted by atomic mass is 16.7. The van der Waals surface area contributed by atoms with Gasteiger partial charge in [0.2, 0.25) is 0 Å². The number of hydrogen-bond acceptors (Lipinski definition) is 2. The number of carbonyl (C=O) groups is 1. The van der Waals surface area contributed by atoms with Gasteiger partial charge in [-0.05, 0) is 20.3 Å². The molecule has 0 saturated carbocycles. The molecule has 0 saturated heterocycles. The van der Waals surface area contributed by atoms with Crippen molar-refractivity contribution in [2.45, 2.75) is 32.8 Å². The smallest absolute Gasteiger partial charge is 0.450 e. The van der Waals surface area contributed by atoms with Crippen molar-refractivity contribution in [1.82, 2.24) is 0 Å². The summed E-state index contributed by atoms with van der Waals surface area (Å²) in [6.07, 6.45) is -0.513. The minimum atomic E-state index is -1.21.